The number of hydrogen-bond acceptors (Lipinski definition) is 5. The minimum Gasteiger partial charge on any atom is -0.310 e. The second-order valence-corrected chi connectivity index (χ2v) is 5.34. The zero-order valence-corrected chi connectivity index (χ0v) is 12.7. The zero-order valence-electron chi connectivity index (χ0n) is 12.7. The Morgan fingerprint density at radius 2 is 1.58 bits per heavy atom. The summed E-state index contributed by atoms with van der Waals surface area (Å²) in [7, 11) is 8.31. The molecule has 6 nitrogen and oxygen atoms in total. The van der Waals surface area contributed by atoms with E-state index in [0.29, 0.717) is 0 Å². The highest BCUT2D eigenvalue weighted by molar-refractivity contribution is 5.08. The molecule has 6 heteroatoms. The van der Waals surface area contributed by atoms with E-state index in [2.05, 4.69) is 64.9 Å². The lowest BCUT2D eigenvalue weighted by Crippen LogP contribution is -2.26. The van der Waals surface area contributed by atoms with Crippen LogP contribution in [0.3, 0.4) is 0 Å². The molecule has 0 atom stereocenters. The minimum absolute atomic E-state index is 0.821. The van der Waals surface area contributed by atoms with Crippen molar-refractivity contribution in [2.24, 2.45) is 0 Å². The lowest BCUT2D eigenvalue weighted by Gasteiger charge is -2.09. The van der Waals surface area contributed by atoms with Crippen LogP contribution in [0.4, 0.5) is 0 Å². The number of rotatable bonds is 10. The molecule has 0 aliphatic heterocycles. The molecule has 3 N–H and O–H groups in total. The zero-order chi connectivity index (χ0) is 14.1. The molecule has 1 aromatic heterocycles. The van der Waals surface area contributed by atoms with Crippen LogP contribution in [0, 0.1) is 0 Å². The van der Waals surface area contributed by atoms with Gasteiger partial charge in [0.05, 0.1) is 5.69 Å². The van der Waals surface area contributed by atoms with Gasteiger partial charge < -0.3 is 20.4 Å². The van der Waals surface area contributed by atoms with Crippen molar-refractivity contribution in [1.82, 2.24) is 30.6 Å². The van der Waals surface area contributed by atoms with Gasteiger partial charge in [-0.3, -0.25) is 5.10 Å². The average Bonchev–Trinajstić information content (AvgIpc) is 2.78. The van der Waals surface area contributed by atoms with Crippen LogP contribution < -0.4 is 10.6 Å². The van der Waals surface area contributed by atoms with Crippen LogP contribution in [0.15, 0.2) is 6.07 Å². The summed E-state index contributed by atoms with van der Waals surface area (Å²) < 4.78 is 0. The Balaban J connectivity index is 2.14. The van der Waals surface area contributed by atoms with Crippen LogP contribution in [0.5, 0.6) is 0 Å². The van der Waals surface area contributed by atoms with Gasteiger partial charge in [0.1, 0.15) is 0 Å². The van der Waals surface area contributed by atoms with Crippen LogP contribution in [-0.2, 0) is 13.1 Å². The van der Waals surface area contributed by atoms with E-state index in [9.17, 15) is 0 Å². The van der Waals surface area contributed by atoms with Crippen LogP contribution in [0.2, 0.25) is 0 Å². The standard InChI is InChI=1S/C13H28N6/c1-18(2)7-5-14-10-12-9-13(17-16-12)11-15-6-8-19(3)4/h9,14-15H,5-8,10-11H2,1-4H3,(H,16,17). The molecule has 0 saturated carbocycles. The molecule has 0 unspecified atom stereocenters. The van der Waals surface area contributed by atoms with Gasteiger partial charge in [0.15, 0.2) is 0 Å². The molecule has 1 rings (SSSR count). The van der Waals surface area contributed by atoms with Crippen LogP contribution in [0.25, 0.3) is 0 Å². The van der Waals surface area contributed by atoms with E-state index < -0.39 is 0 Å². The molecule has 0 radical (unpaired) electrons. The van der Waals surface area contributed by atoms with E-state index in [4.69, 9.17) is 0 Å². The van der Waals surface area contributed by atoms with Crippen molar-refractivity contribution < 1.29 is 0 Å². The topological polar surface area (TPSA) is 59.2 Å². The molecular weight excluding hydrogens is 240 g/mol. The third-order valence-electron chi connectivity index (χ3n) is 2.78. The molecule has 1 heterocycles. The lowest BCUT2D eigenvalue weighted by molar-refractivity contribution is 0.399. The number of nitrogens with zero attached hydrogens (tertiary/aromatic N) is 3. The Morgan fingerprint density at radius 3 is 2.16 bits per heavy atom. The predicted molar refractivity (Wildman–Crippen MR) is 79.1 cm³/mol. The van der Waals surface area contributed by atoms with Crippen LogP contribution in [0.1, 0.15) is 11.4 Å². The fraction of sp³-hybridized carbons (Fsp3) is 0.769. The monoisotopic (exact) mass is 268 g/mol. The molecule has 0 amide bonds. The molecule has 0 saturated heterocycles. The minimum atomic E-state index is 0.821. The van der Waals surface area contributed by atoms with E-state index in [0.717, 1.165) is 50.7 Å². The Hall–Kier alpha value is -0.950. The van der Waals surface area contributed by atoms with Gasteiger partial charge in [-0.05, 0) is 34.3 Å². The first-order valence-electron chi connectivity index (χ1n) is 6.82. The summed E-state index contributed by atoms with van der Waals surface area (Å²) in [6.07, 6.45) is 0. The molecule has 0 aromatic carbocycles. The number of aromatic amines is 1. The van der Waals surface area contributed by atoms with Crippen molar-refractivity contribution in [1.29, 1.82) is 0 Å². The van der Waals surface area contributed by atoms with Crippen molar-refractivity contribution in [3.8, 4) is 0 Å². The maximum absolute atomic E-state index is 4.30. The van der Waals surface area contributed by atoms with Crippen molar-refractivity contribution >= 4 is 0 Å². The van der Waals surface area contributed by atoms with Crippen LogP contribution in [-0.4, -0.2) is 74.4 Å². The Labute approximate surface area is 116 Å². The number of likely N-dealkylation sites (N-methyl/N-ethyl adjacent to an activating group) is 2. The summed E-state index contributed by atoms with van der Waals surface area (Å²) >= 11 is 0. The van der Waals surface area contributed by atoms with Gasteiger partial charge in [0, 0.05) is 45.0 Å². The maximum Gasteiger partial charge on any atom is 0.0763 e. The Morgan fingerprint density at radius 1 is 1.00 bits per heavy atom. The number of hydrogen-bond donors (Lipinski definition) is 3. The van der Waals surface area contributed by atoms with E-state index in [1.54, 1.807) is 0 Å². The molecule has 0 aliphatic rings. The van der Waals surface area contributed by atoms with Gasteiger partial charge >= 0.3 is 0 Å². The highest BCUT2D eigenvalue weighted by Gasteiger charge is 2.01. The van der Waals surface area contributed by atoms with Gasteiger partial charge in [-0.15, -0.1) is 0 Å². The third kappa shape index (κ3) is 7.94. The summed E-state index contributed by atoms with van der Waals surface area (Å²) in [6, 6.07) is 2.12. The molecule has 0 spiro atoms. The highest BCUT2D eigenvalue weighted by Crippen LogP contribution is 1.98. The second-order valence-electron chi connectivity index (χ2n) is 5.34. The maximum atomic E-state index is 4.30. The number of H-pyrrole nitrogens is 1. The average molecular weight is 268 g/mol. The summed E-state index contributed by atoms with van der Waals surface area (Å²) in [5.41, 5.74) is 2.21. The molecule has 1 aromatic rings. The summed E-state index contributed by atoms with van der Waals surface area (Å²) in [4.78, 5) is 4.33. The van der Waals surface area contributed by atoms with Crippen LogP contribution >= 0.6 is 0 Å². The molecule has 0 fully saturated rings. The number of aromatic nitrogens is 2. The first-order valence-corrected chi connectivity index (χ1v) is 6.82. The SMILES string of the molecule is CN(C)CCNCc1cc(CNCCN(C)C)[nH]n1. The summed E-state index contributed by atoms with van der Waals surface area (Å²) in [5, 5.41) is 14.1. The quantitative estimate of drug-likeness (QED) is 0.509. The normalized spacial score (nSPS) is 11.7. The van der Waals surface area contributed by atoms with Gasteiger partial charge in [0.2, 0.25) is 0 Å². The molecule has 110 valence electrons. The van der Waals surface area contributed by atoms with Crippen molar-refractivity contribution in [2.45, 2.75) is 13.1 Å². The third-order valence-corrected chi connectivity index (χ3v) is 2.78. The van der Waals surface area contributed by atoms with Crippen molar-refractivity contribution in [3.05, 3.63) is 17.5 Å². The molecule has 0 bridgehead atoms. The molecule has 19 heavy (non-hydrogen) atoms. The fourth-order valence-corrected chi connectivity index (χ4v) is 1.64. The van der Waals surface area contributed by atoms with Gasteiger partial charge in [-0.2, -0.15) is 5.10 Å². The van der Waals surface area contributed by atoms with E-state index >= 15 is 0 Å². The van der Waals surface area contributed by atoms with Crippen molar-refractivity contribution in [2.75, 3.05) is 54.4 Å². The fourth-order valence-electron chi connectivity index (χ4n) is 1.64. The summed E-state index contributed by atoms with van der Waals surface area (Å²) in [6.45, 7) is 5.73. The highest BCUT2D eigenvalue weighted by atomic mass is 15.1. The van der Waals surface area contributed by atoms with Crippen molar-refractivity contribution in [3.63, 3.8) is 0 Å². The Bertz CT molecular complexity index is 303. The van der Waals surface area contributed by atoms with Gasteiger partial charge in [-0.25, -0.2) is 0 Å². The predicted octanol–water partition coefficient (Wildman–Crippen LogP) is -0.288. The smallest absolute Gasteiger partial charge is 0.0763 e. The number of nitrogens with one attached hydrogen (secondary N) is 3. The molecule has 0 aliphatic carbocycles. The van der Waals surface area contributed by atoms with E-state index in [1.807, 2.05) is 0 Å². The first-order chi connectivity index (χ1) is 9.08. The first kappa shape index (κ1) is 16.1. The van der Waals surface area contributed by atoms with Gasteiger partial charge in [-0.1, -0.05) is 0 Å². The van der Waals surface area contributed by atoms with E-state index in [-0.39, 0.29) is 0 Å². The summed E-state index contributed by atoms with van der Waals surface area (Å²) in [5.74, 6) is 0. The van der Waals surface area contributed by atoms with E-state index in [1.165, 1.54) is 0 Å². The molecular formula is C13H28N6. The second kappa shape index (κ2) is 9.03. The Kier molecular flexibility index (Phi) is 7.66. The van der Waals surface area contributed by atoms with Gasteiger partial charge in [0.25, 0.3) is 0 Å². The largest absolute Gasteiger partial charge is 0.310 e. The lowest BCUT2D eigenvalue weighted by atomic mass is 10.3.